The quantitative estimate of drug-likeness (QED) is 0.438. The summed E-state index contributed by atoms with van der Waals surface area (Å²) in [6.45, 7) is 3.19. The van der Waals surface area contributed by atoms with E-state index in [0.29, 0.717) is 13.0 Å². The summed E-state index contributed by atoms with van der Waals surface area (Å²) < 4.78 is 5.49. The van der Waals surface area contributed by atoms with Crippen molar-refractivity contribution in [3.05, 3.63) is 59.7 Å². The van der Waals surface area contributed by atoms with Gasteiger partial charge in [-0.05, 0) is 41.5 Å². The average Bonchev–Trinajstić information content (AvgIpc) is 3.10. The van der Waals surface area contributed by atoms with E-state index in [0.717, 1.165) is 18.1 Å². The van der Waals surface area contributed by atoms with Crippen molar-refractivity contribution in [2.45, 2.75) is 38.2 Å². The Bertz CT molecular complexity index is 974. The van der Waals surface area contributed by atoms with Crippen molar-refractivity contribution in [2.24, 2.45) is 5.92 Å². The molecule has 176 valence electrons. The molecule has 2 atom stereocenters. The van der Waals surface area contributed by atoms with Crippen LogP contribution in [0.15, 0.2) is 48.5 Å². The highest BCUT2D eigenvalue weighted by Gasteiger charge is 2.30. The fourth-order valence-electron chi connectivity index (χ4n) is 3.91. The molecule has 8 heteroatoms. The van der Waals surface area contributed by atoms with Crippen LogP contribution in [0.1, 0.15) is 43.7 Å². The highest BCUT2D eigenvalue weighted by atomic mass is 16.5. The van der Waals surface area contributed by atoms with Gasteiger partial charge in [-0.25, -0.2) is 9.59 Å². The molecule has 2 aromatic carbocycles. The third-order valence-electron chi connectivity index (χ3n) is 5.87. The molecule has 0 aliphatic heterocycles. The molecule has 8 nitrogen and oxygen atoms in total. The maximum absolute atomic E-state index is 12.2. The molecule has 0 saturated heterocycles. The van der Waals surface area contributed by atoms with E-state index in [1.54, 1.807) is 0 Å². The van der Waals surface area contributed by atoms with Gasteiger partial charge in [0, 0.05) is 18.9 Å². The van der Waals surface area contributed by atoms with Crippen LogP contribution in [0.3, 0.4) is 0 Å². The predicted octanol–water partition coefficient (Wildman–Crippen LogP) is 2.89. The predicted molar refractivity (Wildman–Crippen MR) is 123 cm³/mol. The van der Waals surface area contributed by atoms with Gasteiger partial charge < -0.3 is 25.6 Å². The maximum atomic E-state index is 12.2. The molecule has 0 heterocycles. The highest BCUT2D eigenvalue weighted by Crippen LogP contribution is 2.44. The van der Waals surface area contributed by atoms with Gasteiger partial charge in [0.15, 0.2) is 5.60 Å². The molecule has 4 N–H and O–H groups in total. The van der Waals surface area contributed by atoms with E-state index in [1.165, 1.54) is 11.1 Å². The number of carbonyl (C=O) groups excluding carboxylic acids is 2. The van der Waals surface area contributed by atoms with Crippen LogP contribution < -0.4 is 10.6 Å². The van der Waals surface area contributed by atoms with Crippen molar-refractivity contribution in [3.8, 4) is 11.1 Å². The van der Waals surface area contributed by atoms with Gasteiger partial charge in [-0.15, -0.1) is 0 Å². The van der Waals surface area contributed by atoms with Crippen molar-refractivity contribution >= 4 is 18.0 Å². The molecular weight excluding hydrogens is 424 g/mol. The number of rotatable bonds is 10. The first kappa shape index (κ1) is 24.3. The number of fused-ring (bicyclic) bond motifs is 3. The van der Waals surface area contributed by atoms with E-state index in [9.17, 15) is 19.5 Å². The molecule has 2 unspecified atom stereocenters. The van der Waals surface area contributed by atoms with E-state index in [1.807, 2.05) is 31.2 Å². The standard InChI is InChI=1S/C25H30N2O6/c1-16(13-22(28)27-15-25(2,32)23(29)30)11-12-26-24(31)33-14-21-19-9-5-3-7-17(19)18-8-4-6-10-20(18)21/h3-10,16,21,32H,11-15H2,1-2H3,(H,26,31)(H,27,28)(H,29,30). The summed E-state index contributed by atoms with van der Waals surface area (Å²) in [5.41, 5.74) is 2.61. The number of carboxylic acids is 1. The van der Waals surface area contributed by atoms with Gasteiger partial charge in [0.25, 0.3) is 0 Å². The summed E-state index contributed by atoms with van der Waals surface area (Å²) in [4.78, 5) is 35.0. The van der Waals surface area contributed by atoms with Crippen LogP contribution in [0.4, 0.5) is 4.79 Å². The van der Waals surface area contributed by atoms with Gasteiger partial charge in [-0.1, -0.05) is 55.5 Å². The van der Waals surface area contributed by atoms with Crippen LogP contribution >= 0.6 is 0 Å². The molecule has 0 fully saturated rings. The highest BCUT2D eigenvalue weighted by molar-refractivity contribution is 5.80. The Labute approximate surface area is 193 Å². The summed E-state index contributed by atoms with van der Waals surface area (Å²) in [7, 11) is 0. The number of hydrogen-bond donors (Lipinski definition) is 4. The number of hydrogen-bond acceptors (Lipinski definition) is 5. The van der Waals surface area contributed by atoms with Crippen LogP contribution in [0.25, 0.3) is 11.1 Å². The number of carboxylic acid groups (broad SMARTS) is 1. The Balaban J connectivity index is 1.40. The first-order valence-electron chi connectivity index (χ1n) is 11.0. The molecule has 1 aliphatic carbocycles. The average molecular weight is 455 g/mol. The van der Waals surface area contributed by atoms with Gasteiger partial charge in [0.05, 0.1) is 6.54 Å². The number of aliphatic hydroxyl groups is 1. The van der Waals surface area contributed by atoms with Crippen molar-refractivity contribution in [2.75, 3.05) is 19.7 Å². The Morgan fingerprint density at radius 3 is 2.18 bits per heavy atom. The van der Waals surface area contributed by atoms with Gasteiger partial charge in [-0.2, -0.15) is 0 Å². The third-order valence-corrected chi connectivity index (χ3v) is 5.87. The molecule has 3 rings (SSSR count). The van der Waals surface area contributed by atoms with Gasteiger partial charge in [0.2, 0.25) is 5.91 Å². The summed E-state index contributed by atoms with van der Waals surface area (Å²) in [6.07, 6.45) is 0.195. The molecule has 0 bridgehead atoms. The minimum atomic E-state index is -2.01. The number of amides is 2. The zero-order valence-corrected chi connectivity index (χ0v) is 18.8. The summed E-state index contributed by atoms with van der Waals surface area (Å²) >= 11 is 0. The number of aliphatic carboxylic acids is 1. The second-order valence-corrected chi connectivity index (χ2v) is 8.71. The van der Waals surface area contributed by atoms with Crippen LogP contribution in [0.5, 0.6) is 0 Å². The normalized spacial score (nSPS) is 15.0. The van der Waals surface area contributed by atoms with E-state index in [4.69, 9.17) is 9.84 Å². The smallest absolute Gasteiger partial charge is 0.407 e. The second-order valence-electron chi connectivity index (χ2n) is 8.71. The minimum absolute atomic E-state index is 0.00576. The number of benzene rings is 2. The topological polar surface area (TPSA) is 125 Å². The van der Waals surface area contributed by atoms with Crippen LogP contribution in [-0.4, -0.2) is 53.5 Å². The van der Waals surface area contributed by atoms with Crippen molar-refractivity contribution in [1.82, 2.24) is 10.6 Å². The molecule has 0 radical (unpaired) electrons. The van der Waals surface area contributed by atoms with E-state index >= 15 is 0 Å². The van der Waals surface area contributed by atoms with Crippen molar-refractivity contribution < 1.29 is 29.3 Å². The first-order valence-corrected chi connectivity index (χ1v) is 11.0. The fourth-order valence-corrected chi connectivity index (χ4v) is 3.91. The number of ether oxygens (including phenoxy) is 1. The van der Waals surface area contributed by atoms with Gasteiger partial charge in [-0.3, -0.25) is 4.79 Å². The van der Waals surface area contributed by atoms with Crippen molar-refractivity contribution in [1.29, 1.82) is 0 Å². The largest absolute Gasteiger partial charge is 0.479 e. The molecule has 33 heavy (non-hydrogen) atoms. The number of alkyl carbamates (subject to hydrolysis) is 1. The lowest BCUT2D eigenvalue weighted by Crippen LogP contribution is -2.46. The Hall–Kier alpha value is -3.39. The lowest BCUT2D eigenvalue weighted by molar-refractivity contribution is -0.156. The Morgan fingerprint density at radius 2 is 1.61 bits per heavy atom. The van der Waals surface area contributed by atoms with Crippen molar-refractivity contribution in [3.63, 3.8) is 0 Å². The van der Waals surface area contributed by atoms with E-state index < -0.39 is 17.7 Å². The Morgan fingerprint density at radius 1 is 1.03 bits per heavy atom. The molecule has 0 aromatic heterocycles. The molecule has 1 aliphatic rings. The minimum Gasteiger partial charge on any atom is -0.479 e. The second kappa shape index (κ2) is 10.5. The molecule has 0 saturated carbocycles. The maximum Gasteiger partial charge on any atom is 0.407 e. The van der Waals surface area contributed by atoms with Crippen LogP contribution in [0, 0.1) is 5.92 Å². The zero-order chi connectivity index (χ0) is 24.0. The van der Waals surface area contributed by atoms with Gasteiger partial charge in [0.1, 0.15) is 6.61 Å². The zero-order valence-electron chi connectivity index (χ0n) is 18.8. The number of nitrogens with one attached hydrogen (secondary N) is 2. The lowest BCUT2D eigenvalue weighted by Gasteiger charge is -2.19. The van der Waals surface area contributed by atoms with Gasteiger partial charge >= 0.3 is 12.1 Å². The molecular formula is C25H30N2O6. The summed E-state index contributed by atoms with van der Waals surface area (Å²) in [5, 5.41) is 23.6. The lowest BCUT2D eigenvalue weighted by atomic mass is 9.98. The number of carbonyl (C=O) groups is 3. The third kappa shape index (κ3) is 6.10. The van der Waals surface area contributed by atoms with Crippen LogP contribution in [-0.2, 0) is 14.3 Å². The summed E-state index contributed by atoms with van der Waals surface area (Å²) in [6, 6.07) is 16.2. The molecule has 2 amide bonds. The molecule has 0 spiro atoms. The van der Waals surface area contributed by atoms with E-state index in [-0.39, 0.29) is 37.3 Å². The summed E-state index contributed by atoms with van der Waals surface area (Å²) in [5.74, 6) is -1.81. The monoisotopic (exact) mass is 454 g/mol. The Kier molecular flexibility index (Phi) is 7.71. The first-order chi connectivity index (χ1) is 15.7. The SMILES string of the molecule is CC(CCNC(=O)OCC1c2ccccc2-c2ccccc21)CC(=O)NCC(C)(O)C(=O)O. The van der Waals surface area contributed by atoms with Crippen LogP contribution in [0.2, 0.25) is 0 Å². The fraction of sp³-hybridized carbons (Fsp3) is 0.400. The molecule has 2 aromatic rings. The van der Waals surface area contributed by atoms with E-state index in [2.05, 4.69) is 34.9 Å².